The van der Waals surface area contributed by atoms with Crippen molar-refractivity contribution in [1.82, 2.24) is 0 Å². The van der Waals surface area contributed by atoms with Crippen LogP contribution in [0.15, 0.2) is 18.2 Å². The smallest absolute Gasteiger partial charge is 0.126 e. The van der Waals surface area contributed by atoms with Crippen LogP contribution in [0.2, 0.25) is 0 Å². The second-order valence-corrected chi connectivity index (χ2v) is 3.11. The molecule has 0 heterocycles. The Morgan fingerprint density at radius 1 is 1.57 bits per heavy atom. The van der Waals surface area contributed by atoms with E-state index in [-0.39, 0.29) is 19.0 Å². The molecular weight excluding hydrogens is 185 g/mol. The normalized spacial score (nSPS) is 12.6. The molecule has 0 spiro atoms. The zero-order chi connectivity index (χ0) is 10.6. The van der Waals surface area contributed by atoms with Gasteiger partial charge in [-0.3, -0.25) is 0 Å². The van der Waals surface area contributed by atoms with Crippen LogP contribution in [0.4, 0.5) is 4.39 Å². The molecule has 4 heteroatoms. The van der Waals surface area contributed by atoms with Crippen LogP contribution in [0.5, 0.6) is 5.75 Å². The number of benzene rings is 1. The lowest BCUT2D eigenvalue weighted by atomic mass is 10.2. The molecule has 0 saturated carbocycles. The second-order valence-electron chi connectivity index (χ2n) is 3.11. The molecule has 0 bridgehead atoms. The van der Waals surface area contributed by atoms with Crippen molar-refractivity contribution in [1.29, 1.82) is 0 Å². The van der Waals surface area contributed by atoms with Crippen molar-refractivity contribution >= 4 is 0 Å². The SMILES string of the molecule is Cc1cc(OCC(O)CN)ccc1F. The van der Waals surface area contributed by atoms with Gasteiger partial charge in [0.15, 0.2) is 0 Å². The molecule has 0 aliphatic heterocycles. The first-order chi connectivity index (χ1) is 6.63. The molecule has 78 valence electrons. The molecule has 1 aromatic carbocycles. The van der Waals surface area contributed by atoms with Crippen molar-refractivity contribution < 1.29 is 14.2 Å². The summed E-state index contributed by atoms with van der Waals surface area (Å²) in [6.07, 6.45) is -0.680. The van der Waals surface area contributed by atoms with E-state index >= 15 is 0 Å². The second kappa shape index (κ2) is 4.93. The fourth-order valence-electron chi connectivity index (χ4n) is 0.967. The van der Waals surface area contributed by atoms with Crippen molar-refractivity contribution in [2.45, 2.75) is 13.0 Å². The van der Waals surface area contributed by atoms with Gasteiger partial charge in [0.05, 0.1) is 0 Å². The molecule has 1 atom stereocenters. The summed E-state index contributed by atoms with van der Waals surface area (Å²) in [5, 5.41) is 9.12. The summed E-state index contributed by atoms with van der Waals surface area (Å²) < 4.78 is 18.0. The minimum Gasteiger partial charge on any atom is -0.491 e. The first kappa shape index (κ1) is 10.9. The molecule has 0 amide bonds. The quantitative estimate of drug-likeness (QED) is 0.755. The molecule has 0 aliphatic carbocycles. The van der Waals surface area contributed by atoms with Gasteiger partial charge in [-0.1, -0.05) is 0 Å². The van der Waals surface area contributed by atoms with Gasteiger partial charge in [-0.2, -0.15) is 0 Å². The van der Waals surface area contributed by atoms with E-state index in [0.29, 0.717) is 11.3 Å². The van der Waals surface area contributed by atoms with E-state index in [1.54, 1.807) is 13.0 Å². The van der Waals surface area contributed by atoms with E-state index < -0.39 is 6.10 Å². The summed E-state index contributed by atoms with van der Waals surface area (Å²) in [5.41, 5.74) is 5.72. The highest BCUT2D eigenvalue weighted by atomic mass is 19.1. The molecule has 0 aliphatic rings. The molecule has 0 aromatic heterocycles. The summed E-state index contributed by atoms with van der Waals surface area (Å²) in [6, 6.07) is 4.43. The first-order valence-corrected chi connectivity index (χ1v) is 4.40. The molecular formula is C10H14FNO2. The lowest BCUT2D eigenvalue weighted by Gasteiger charge is -2.10. The Bertz CT molecular complexity index is 304. The Hall–Kier alpha value is -1.13. The van der Waals surface area contributed by atoms with Gasteiger partial charge in [-0.25, -0.2) is 4.39 Å². The van der Waals surface area contributed by atoms with Crippen LogP contribution >= 0.6 is 0 Å². The summed E-state index contributed by atoms with van der Waals surface area (Å²) >= 11 is 0. The molecule has 0 fully saturated rings. The molecule has 3 nitrogen and oxygen atoms in total. The van der Waals surface area contributed by atoms with Crippen molar-refractivity contribution in [3.63, 3.8) is 0 Å². The van der Waals surface area contributed by atoms with Gasteiger partial charge < -0.3 is 15.6 Å². The highest BCUT2D eigenvalue weighted by Crippen LogP contribution is 2.15. The van der Waals surface area contributed by atoms with E-state index in [1.807, 2.05) is 0 Å². The molecule has 0 saturated heterocycles. The van der Waals surface area contributed by atoms with Crippen LogP contribution in [0.1, 0.15) is 5.56 Å². The Balaban J connectivity index is 2.55. The maximum absolute atomic E-state index is 12.8. The number of aliphatic hydroxyl groups is 1. The number of hydrogen-bond donors (Lipinski definition) is 2. The highest BCUT2D eigenvalue weighted by Gasteiger charge is 2.03. The van der Waals surface area contributed by atoms with Crippen LogP contribution in [0.25, 0.3) is 0 Å². The Morgan fingerprint density at radius 2 is 2.29 bits per heavy atom. The van der Waals surface area contributed by atoms with Crippen molar-refractivity contribution in [2.24, 2.45) is 5.73 Å². The Labute approximate surface area is 82.3 Å². The van der Waals surface area contributed by atoms with Gasteiger partial charge in [-0.15, -0.1) is 0 Å². The largest absolute Gasteiger partial charge is 0.491 e. The third-order valence-corrected chi connectivity index (χ3v) is 1.84. The van der Waals surface area contributed by atoms with Crippen LogP contribution in [-0.2, 0) is 0 Å². The lowest BCUT2D eigenvalue weighted by molar-refractivity contribution is 0.114. The zero-order valence-corrected chi connectivity index (χ0v) is 8.03. The number of halogens is 1. The topological polar surface area (TPSA) is 55.5 Å². The van der Waals surface area contributed by atoms with Gasteiger partial charge >= 0.3 is 0 Å². The summed E-state index contributed by atoms with van der Waals surface area (Å²) in [5.74, 6) is 0.271. The maximum Gasteiger partial charge on any atom is 0.126 e. The maximum atomic E-state index is 12.8. The van der Waals surface area contributed by atoms with Gasteiger partial charge in [0.2, 0.25) is 0 Å². The molecule has 3 N–H and O–H groups in total. The third-order valence-electron chi connectivity index (χ3n) is 1.84. The minimum absolute atomic E-state index is 0.127. The van der Waals surface area contributed by atoms with Crippen molar-refractivity contribution in [2.75, 3.05) is 13.2 Å². The number of aryl methyl sites for hydroxylation is 1. The van der Waals surface area contributed by atoms with Gasteiger partial charge in [-0.05, 0) is 30.7 Å². The number of rotatable bonds is 4. The monoisotopic (exact) mass is 199 g/mol. The standard InChI is InChI=1S/C10H14FNO2/c1-7-4-9(2-3-10(7)11)14-6-8(13)5-12/h2-4,8,13H,5-6,12H2,1H3. The summed E-state index contributed by atoms with van der Waals surface area (Å²) in [7, 11) is 0. The first-order valence-electron chi connectivity index (χ1n) is 4.40. The number of aliphatic hydroxyl groups excluding tert-OH is 1. The van der Waals surface area contributed by atoms with Gasteiger partial charge in [0.25, 0.3) is 0 Å². The fourth-order valence-corrected chi connectivity index (χ4v) is 0.967. The zero-order valence-electron chi connectivity index (χ0n) is 8.03. The van der Waals surface area contributed by atoms with E-state index in [0.717, 1.165) is 0 Å². The van der Waals surface area contributed by atoms with Gasteiger partial charge in [0, 0.05) is 6.54 Å². The molecule has 1 rings (SSSR count). The number of nitrogens with two attached hydrogens (primary N) is 1. The minimum atomic E-state index is -0.680. The fraction of sp³-hybridized carbons (Fsp3) is 0.400. The van der Waals surface area contributed by atoms with Crippen LogP contribution in [0.3, 0.4) is 0 Å². The molecule has 0 radical (unpaired) electrons. The Kier molecular flexibility index (Phi) is 3.85. The predicted molar refractivity (Wildman–Crippen MR) is 51.7 cm³/mol. The van der Waals surface area contributed by atoms with Crippen molar-refractivity contribution in [3.8, 4) is 5.75 Å². The van der Waals surface area contributed by atoms with Gasteiger partial charge in [0.1, 0.15) is 24.3 Å². The van der Waals surface area contributed by atoms with Crippen LogP contribution in [0, 0.1) is 12.7 Å². The lowest BCUT2D eigenvalue weighted by Crippen LogP contribution is -2.26. The number of ether oxygens (including phenoxy) is 1. The van der Waals surface area contributed by atoms with E-state index in [2.05, 4.69) is 0 Å². The predicted octanol–water partition coefficient (Wildman–Crippen LogP) is 0.833. The molecule has 1 aromatic rings. The number of hydrogen-bond acceptors (Lipinski definition) is 3. The van der Waals surface area contributed by atoms with E-state index in [4.69, 9.17) is 15.6 Å². The molecule has 14 heavy (non-hydrogen) atoms. The van der Waals surface area contributed by atoms with Crippen LogP contribution < -0.4 is 10.5 Å². The average Bonchev–Trinajstić information content (AvgIpc) is 2.19. The third kappa shape index (κ3) is 2.97. The molecule has 1 unspecified atom stereocenters. The van der Waals surface area contributed by atoms with E-state index in [1.165, 1.54) is 12.1 Å². The van der Waals surface area contributed by atoms with Crippen molar-refractivity contribution in [3.05, 3.63) is 29.6 Å². The highest BCUT2D eigenvalue weighted by molar-refractivity contribution is 5.28. The van der Waals surface area contributed by atoms with Crippen LogP contribution in [-0.4, -0.2) is 24.4 Å². The average molecular weight is 199 g/mol. The van der Waals surface area contributed by atoms with E-state index in [9.17, 15) is 4.39 Å². The Morgan fingerprint density at radius 3 is 2.86 bits per heavy atom. The summed E-state index contributed by atoms with van der Waals surface area (Å²) in [6.45, 7) is 1.93. The summed E-state index contributed by atoms with van der Waals surface area (Å²) in [4.78, 5) is 0.